The number of carbonyl (C=O) groups excluding carboxylic acids is 2. The van der Waals surface area contributed by atoms with Crippen molar-refractivity contribution in [2.24, 2.45) is 0 Å². The van der Waals surface area contributed by atoms with E-state index in [9.17, 15) is 19.8 Å². The Labute approximate surface area is 137 Å². The zero-order valence-electron chi connectivity index (χ0n) is 7.86. The topological polar surface area (TPSA) is 80.3 Å². The van der Waals surface area contributed by atoms with E-state index in [2.05, 4.69) is 0 Å². The molecule has 1 rings (SSSR count). The Morgan fingerprint density at radius 3 is 1.18 bits per heavy atom. The number of halogens is 4. The molecule has 0 heterocycles. The van der Waals surface area contributed by atoms with Gasteiger partial charge in [-0.05, 0) is 0 Å². The molecule has 0 aliphatic carbocycles. The molecule has 4 nitrogen and oxygen atoms in total. The molecule has 0 saturated carbocycles. The first-order valence-electron chi connectivity index (χ1n) is 3.14. The van der Waals surface area contributed by atoms with Crippen LogP contribution in [0.3, 0.4) is 0 Å². The molecule has 0 aromatic heterocycles. The van der Waals surface area contributed by atoms with Gasteiger partial charge in [0.15, 0.2) is 0 Å². The summed E-state index contributed by atoms with van der Waals surface area (Å²) < 4.78 is 0. The molecule has 0 spiro atoms. The molecule has 9 heteroatoms. The first kappa shape index (κ1) is 30.2. The van der Waals surface area contributed by atoms with Crippen LogP contribution in [0.25, 0.3) is 0 Å². The van der Waals surface area contributed by atoms with Crippen LogP contribution < -0.4 is 59.8 Å². The van der Waals surface area contributed by atoms with E-state index < -0.39 is 11.9 Å². The van der Waals surface area contributed by atoms with E-state index in [1.165, 1.54) is 12.1 Å². The van der Waals surface area contributed by atoms with Crippen molar-refractivity contribution < 1.29 is 90.5 Å². The van der Waals surface area contributed by atoms with Gasteiger partial charge in [-0.15, -0.1) is 0 Å². The minimum absolute atomic E-state index is 0. The summed E-state index contributed by atoms with van der Waals surface area (Å²) in [6.07, 6.45) is 0. The third-order valence-electron chi connectivity index (χ3n) is 1.37. The second kappa shape index (κ2) is 14.1. The summed E-state index contributed by atoms with van der Waals surface area (Å²) in [5.74, 6) is -3.04. The number of benzene rings is 1. The molecule has 0 saturated heterocycles. The summed E-state index contributed by atoms with van der Waals surface area (Å²) in [4.78, 5) is 20.6. The fourth-order valence-electron chi connectivity index (χ4n) is 0.839. The van der Waals surface area contributed by atoms with Crippen LogP contribution in [0.1, 0.15) is 20.7 Å². The molecule has 1 aromatic rings. The molecule has 0 N–H and O–H groups in total. The first-order valence-corrected chi connectivity index (χ1v) is 3.14. The maximum atomic E-state index is 10.3. The van der Waals surface area contributed by atoms with Crippen LogP contribution >= 0.6 is 0 Å². The third kappa shape index (κ3) is 8.69. The summed E-state index contributed by atoms with van der Waals surface area (Å²) in [6.45, 7) is 0. The average Bonchev–Trinajstić information content (AvgIpc) is 2.04. The molecule has 0 radical (unpaired) electrons. The molecular weight excluding hydrogens is 486 g/mol. The van der Waals surface area contributed by atoms with Gasteiger partial charge < -0.3 is 69.4 Å². The van der Waals surface area contributed by atoms with Gasteiger partial charge in [0.1, 0.15) is 0 Å². The molecule has 100 valence electrons. The second-order valence-corrected chi connectivity index (χ2v) is 2.12. The predicted octanol–water partition coefficient (Wildman–Crippen LogP) is -13.6. The van der Waals surface area contributed by atoms with Crippen LogP contribution in [0.4, 0.5) is 0 Å². The maximum Gasteiger partial charge on any atom is 0.0721 e. The predicted molar refractivity (Wildman–Crippen MR) is 35.1 cm³/mol. The maximum absolute atomic E-state index is 10.3. The molecule has 0 aliphatic rings. The summed E-state index contributed by atoms with van der Waals surface area (Å²) in [7, 11) is 0. The summed E-state index contributed by atoms with van der Waals surface area (Å²) in [5, 5.41) is 20.6. The first-order chi connectivity index (χ1) is 5.63. The van der Waals surface area contributed by atoms with Gasteiger partial charge in [-0.25, -0.2) is 0 Å². The summed E-state index contributed by atoms with van der Waals surface area (Å²) in [5.41, 5.74) is -0.727. The largest absolute Gasteiger partial charge is 1.00 e. The SMILES string of the molecule is O=C([O-])c1ccccc1C(=O)[O-].[Cl-].[Cl-].[Cl-].[Cl-].[W]. The van der Waals surface area contributed by atoms with Crippen molar-refractivity contribution in [3.05, 3.63) is 35.4 Å². The van der Waals surface area contributed by atoms with Crippen molar-refractivity contribution in [2.45, 2.75) is 0 Å². The summed E-state index contributed by atoms with van der Waals surface area (Å²) in [6, 6.07) is 5.14. The van der Waals surface area contributed by atoms with E-state index in [0.29, 0.717) is 0 Å². The normalized spacial score (nSPS) is 6.59. The monoisotopic (exact) mass is 488 g/mol. The zero-order valence-corrected chi connectivity index (χ0v) is 13.8. The third-order valence-corrected chi connectivity index (χ3v) is 1.37. The zero-order chi connectivity index (χ0) is 9.14. The quantitative estimate of drug-likeness (QED) is 0.413. The summed E-state index contributed by atoms with van der Waals surface area (Å²) >= 11 is 0. The smallest absolute Gasteiger partial charge is 0.0721 e. The Morgan fingerprint density at radius 2 is 1.00 bits per heavy atom. The van der Waals surface area contributed by atoms with Gasteiger partial charge in [-0.2, -0.15) is 0 Å². The van der Waals surface area contributed by atoms with Crippen molar-refractivity contribution >= 4 is 11.9 Å². The molecule has 0 amide bonds. The van der Waals surface area contributed by atoms with Gasteiger partial charge in [0.05, 0.1) is 11.9 Å². The Morgan fingerprint density at radius 1 is 0.765 bits per heavy atom. The fourth-order valence-corrected chi connectivity index (χ4v) is 0.839. The molecule has 0 bridgehead atoms. The second-order valence-electron chi connectivity index (χ2n) is 2.12. The van der Waals surface area contributed by atoms with Crippen LogP contribution in [0.15, 0.2) is 24.3 Å². The average molecular weight is 490 g/mol. The van der Waals surface area contributed by atoms with Crippen LogP contribution in [-0.2, 0) is 21.1 Å². The molecule has 1 aromatic carbocycles. The minimum Gasteiger partial charge on any atom is -1.00 e. The van der Waals surface area contributed by atoms with Gasteiger partial charge in [0, 0.05) is 32.2 Å². The van der Waals surface area contributed by atoms with E-state index in [1.807, 2.05) is 0 Å². The van der Waals surface area contributed by atoms with Gasteiger partial charge in [0.25, 0.3) is 0 Å². The van der Waals surface area contributed by atoms with E-state index in [0.717, 1.165) is 12.1 Å². The van der Waals surface area contributed by atoms with Crippen LogP contribution in [-0.4, -0.2) is 11.9 Å². The van der Waals surface area contributed by atoms with Crippen molar-refractivity contribution in [3.63, 3.8) is 0 Å². The van der Waals surface area contributed by atoms with Gasteiger partial charge in [-0.1, -0.05) is 24.3 Å². The molecular formula is C8H4Cl4O4W-6. The number of hydrogen-bond acceptors (Lipinski definition) is 4. The van der Waals surface area contributed by atoms with Crippen LogP contribution in [0.5, 0.6) is 0 Å². The van der Waals surface area contributed by atoms with E-state index >= 15 is 0 Å². The number of rotatable bonds is 2. The van der Waals surface area contributed by atoms with Gasteiger partial charge in [0.2, 0.25) is 0 Å². The minimum atomic E-state index is -1.52. The Bertz CT molecular complexity index is 315. The van der Waals surface area contributed by atoms with E-state index in [-0.39, 0.29) is 81.8 Å². The van der Waals surface area contributed by atoms with Crippen molar-refractivity contribution in [2.75, 3.05) is 0 Å². The van der Waals surface area contributed by atoms with Crippen LogP contribution in [0.2, 0.25) is 0 Å². The number of hydrogen-bond donors (Lipinski definition) is 0. The van der Waals surface area contributed by atoms with Gasteiger partial charge in [-0.3, -0.25) is 0 Å². The molecule has 0 fully saturated rings. The molecule has 0 atom stereocenters. The van der Waals surface area contributed by atoms with Crippen molar-refractivity contribution in [1.82, 2.24) is 0 Å². The number of carboxylic acids is 2. The standard InChI is InChI=1S/C8H6O4.4ClH.W/c9-7(10)5-3-1-2-4-6(5)8(11)12;;;;;/h1-4H,(H,9,10)(H,11,12);4*1H;/p-6. The van der Waals surface area contributed by atoms with Crippen LogP contribution in [0, 0.1) is 0 Å². The molecule has 17 heavy (non-hydrogen) atoms. The number of carbonyl (C=O) groups is 2. The number of carboxylic acid groups (broad SMARTS) is 2. The van der Waals surface area contributed by atoms with Crippen molar-refractivity contribution in [1.29, 1.82) is 0 Å². The molecule has 0 unspecified atom stereocenters. The molecule has 0 aliphatic heterocycles. The van der Waals surface area contributed by atoms with E-state index in [4.69, 9.17) is 0 Å². The van der Waals surface area contributed by atoms with Gasteiger partial charge >= 0.3 is 0 Å². The Hall–Kier alpha value is 0.00831. The number of aromatic carboxylic acids is 2. The Balaban J connectivity index is -0.0000000960. The van der Waals surface area contributed by atoms with E-state index in [1.54, 1.807) is 0 Å². The Kier molecular flexibility index (Phi) is 25.0. The van der Waals surface area contributed by atoms with Crippen molar-refractivity contribution in [3.8, 4) is 0 Å². The fraction of sp³-hybridized carbons (Fsp3) is 0.